The van der Waals surface area contributed by atoms with Gasteiger partial charge < -0.3 is 0 Å². The van der Waals surface area contributed by atoms with Crippen LogP contribution in [0.4, 0.5) is 0 Å². The highest BCUT2D eigenvalue weighted by Gasteiger charge is 2.27. The molecule has 0 saturated carbocycles. The first-order valence-corrected chi connectivity index (χ1v) is 7.62. The summed E-state index contributed by atoms with van der Waals surface area (Å²) in [5, 5.41) is 2.72. The minimum Gasteiger partial charge on any atom is -0.0867 e. The van der Waals surface area contributed by atoms with Crippen molar-refractivity contribution in [3.63, 3.8) is 0 Å². The van der Waals surface area contributed by atoms with Gasteiger partial charge in [0.05, 0.1) is 0 Å². The highest BCUT2D eigenvalue weighted by Crippen LogP contribution is 2.32. The van der Waals surface area contributed by atoms with E-state index in [1.54, 1.807) is 0 Å². The standard InChI is InChI=1S/C20H20B/c1-3-20(2,21-17-12-5-4-6-13-17)19-15-9-11-16-10-7-8-14-18(16)19/h4-15H,3H2,1-2H3. The Bertz CT molecular complexity index is 728. The zero-order valence-corrected chi connectivity index (χ0v) is 12.7. The third-order valence-corrected chi connectivity index (χ3v) is 4.42. The third kappa shape index (κ3) is 2.74. The smallest absolute Gasteiger partial charge is 0.0867 e. The average molecular weight is 271 g/mol. The van der Waals surface area contributed by atoms with Gasteiger partial charge in [-0.15, -0.1) is 0 Å². The molecule has 3 aromatic carbocycles. The molecule has 103 valence electrons. The van der Waals surface area contributed by atoms with E-state index in [9.17, 15) is 0 Å². The summed E-state index contributed by atoms with van der Waals surface area (Å²) in [7, 11) is 2.40. The molecule has 0 N–H and O–H groups in total. The van der Waals surface area contributed by atoms with Crippen molar-refractivity contribution in [3.8, 4) is 0 Å². The third-order valence-electron chi connectivity index (χ3n) is 4.42. The molecule has 0 aliphatic carbocycles. The molecule has 1 unspecified atom stereocenters. The van der Waals surface area contributed by atoms with Crippen LogP contribution < -0.4 is 5.46 Å². The predicted octanol–water partition coefficient (Wildman–Crippen LogP) is 4.49. The van der Waals surface area contributed by atoms with E-state index in [1.165, 1.54) is 21.8 Å². The van der Waals surface area contributed by atoms with Crippen LogP contribution in [0.2, 0.25) is 0 Å². The van der Waals surface area contributed by atoms with Crippen molar-refractivity contribution < 1.29 is 0 Å². The molecular formula is C20H20B. The maximum atomic E-state index is 2.40. The minimum absolute atomic E-state index is 0.0439. The topological polar surface area (TPSA) is 0 Å². The fourth-order valence-corrected chi connectivity index (χ4v) is 3.01. The van der Waals surface area contributed by atoms with Crippen molar-refractivity contribution in [2.75, 3.05) is 0 Å². The molecule has 1 atom stereocenters. The molecule has 0 aliphatic rings. The van der Waals surface area contributed by atoms with Gasteiger partial charge in [-0.2, -0.15) is 0 Å². The summed E-state index contributed by atoms with van der Waals surface area (Å²) in [6.45, 7) is 4.60. The summed E-state index contributed by atoms with van der Waals surface area (Å²) in [6.07, 6.45) is 1.08. The van der Waals surface area contributed by atoms with Crippen LogP contribution in [0, 0.1) is 0 Å². The molecule has 1 heteroatoms. The zero-order chi connectivity index (χ0) is 14.7. The van der Waals surface area contributed by atoms with Crippen molar-refractivity contribution in [2.45, 2.75) is 25.6 Å². The predicted molar refractivity (Wildman–Crippen MR) is 93.4 cm³/mol. The molecule has 3 rings (SSSR count). The molecule has 1 radical (unpaired) electrons. The first-order valence-electron chi connectivity index (χ1n) is 7.62. The Kier molecular flexibility index (Phi) is 3.83. The fourth-order valence-electron chi connectivity index (χ4n) is 3.01. The summed E-state index contributed by atoms with van der Waals surface area (Å²) >= 11 is 0. The first-order chi connectivity index (χ1) is 10.2. The van der Waals surface area contributed by atoms with E-state index in [4.69, 9.17) is 0 Å². The molecule has 0 heterocycles. The van der Waals surface area contributed by atoms with Crippen molar-refractivity contribution in [1.82, 2.24) is 0 Å². The lowest BCUT2D eigenvalue weighted by atomic mass is 9.45. The van der Waals surface area contributed by atoms with Gasteiger partial charge in [0.1, 0.15) is 0 Å². The Balaban J connectivity index is 2.09. The maximum Gasteiger partial charge on any atom is 0.164 e. The minimum atomic E-state index is 0.0439. The van der Waals surface area contributed by atoms with E-state index in [1.807, 2.05) is 0 Å². The van der Waals surface area contributed by atoms with Gasteiger partial charge in [-0.25, -0.2) is 0 Å². The molecule has 0 amide bonds. The number of hydrogen-bond donors (Lipinski definition) is 0. The van der Waals surface area contributed by atoms with Crippen molar-refractivity contribution in [1.29, 1.82) is 0 Å². The molecule has 0 saturated heterocycles. The number of fused-ring (bicyclic) bond motifs is 1. The Hall–Kier alpha value is -2.02. The van der Waals surface area contributed by atoms with Crippen molar-refractivity contribution in [3.05, 3.63) is 78.4 Å². The summed E-state index contributed by atoms with van der Waals surface area (Å²) in [4.78, 5) is 0. The van der Waals surface area contributed by atoms with Crippen LogP contribution in [0.15, 0.2) is 72.8 Å². The Morgan fingerprint density at radius 3 is 2.24 bits per heavy atom. The van der Waals surface area contributed by atoms with Crippen LogP contribution in [-0.4, -0.2) is 7.28 Å². The fraction of sp³-hybridized carbons (Fsp3) is 0.200. The van der Waals surface area contributed by atoms with E-state index < -0.39 is 0 Å². The second-order valence-corrected chi connectivity index (χ2v) is 5.85. The van der Waals surface area contributed by atoms with Gasteiger partial charge in [-0.3, -0.25) is 0 Å². The lowest BCUT2D eigenvalue weighted by Gasteiger charge is -2.30. The number of rotatable bonds is 4. The van der Waals surface area contributed by atoms with Crippen LogP contribution >= 0.6 is 0 Å². The molecule has 21 heavy (non-hydrogen) atoms. The van der Waals surface area contributed by atoms with Crippen molar-refractivity contribution in [2.24, 2.45) is 0 Å². The summed E-state index contributed by atoms with van der Waals surface area (Å²) in [5.74, 6) is 0. The van der Waals surface area contributed by atoms with E-state index >= 15 is 0 Å². The van der Waals surface area contributed by atoms with E-state index in [0.29, 0.717) is 0 Å². The quantitative estimate of drug-likeness (QED) is 0.613. The monoisotopic (exact) mass is 271 g/mol. The lowest BCUT2D eigenvalue weighted by molar-refractivity contribution is 0.648. The number of benzene rings is 3. The molecule has 0 spiro atoms. The van der Waals surface area contributed by atoms with E-state index in [-0.39, 0.29) is 5.31 Å². The van der Waals surface area contributed by atoms with E-state index in [2.05, 4.69) is 93.9 Å². The first kappa shape index (κ1) is 13.9. The van der Waals surface area contributed by atoms with Gasteiger partial charge in [0.2, 0.25) is 0 Å². The molecule has 0 bridgehead atoms. The van der Waals surface area contributed by atoms with Crippen LogP contribution in [0.1, 0.15) is 25.8 Å². The maximum absolute atomic E-state index is 2.40. The largest absolute Gasteiger partial charge is 0.164 e. The lowest BCUT2D eigenvalue weighted by Crippen LogP contribution is -2.36. The van der Waals surface area contributed by atoms with Gasteiger partial charge in [-0.05, 0) is 21.7 Å². The van der Waals surface area contributed by atoms with Gasteiger partial charge in [0.25, 0.3) is 0 Å². The second-order valence-electron chi connectivity index (χ2n) is 5.85. The molecule has 0 nitrogen and oxygen atoms in total. The summed E-state index contributed by atoms with van der Waals surface area (Å²) in [5.41, 5.74) is 2.70. The molecule has 0 aliphatic heterocycles. The normalized spacial score (nSPS) is 13.8. The van der Waals surface area contributed by atoms with E-state index in [0.717, 1.165) is 6.42 Å². The zero-order valence-electron chi connectivity index (χ0n) is 12.7. The Labute approximate surface area is 128 Å². The number of hydrogen-bond acceptors (Lipinski definition) is 0. The summed E-state index contributed by atoms with van der Waals surface area (Å²) < 4.78 is 0. The summed E-state index contributed by atoms with van der Waals surface area (Å²) in [6, 6.07) is 25.9. The molecular weight excluding hydrogens is 251 g/mol. The van der Waals surface area contributed by atoms with Gasteiger partial charge in [0, 0.05) is 0 Å². The van der Waals surface area contributed by atoms with Crippen LogP contribution in [0.3, 0.4) is 0 Å². The highest BCUT2D eigenvalue weighted by atomic mass is 14.2. The van der Waals surface area contributed by atoms with Gasteiger partial charge in [0.15, 0.2) is 7.28 Å². The van der Waals surface area contributed by atoms with Crippen molar-refractivity contribution >= 4 is 23.5 Å². The molecule has 0 fully saturated rings. The van der Waals surface area contributed by atoms with Crippen LogP contribution in [-0.2, 0) is 5.31 Å². The van der Waals surface area contributed by atoms with Crippen LogP contribution in [0.5, 0.6) is 0 Å². The molecule has 3 aromatic rings. The highest BCUT2D eigenvalue weighted by molar-refractivity contribution is 6.57. The Morgan fingerprint density at radius 1 is 0.810 bits per heavy atom. The van der Waals surface area contributed by atoms with Gasteiger partial charge in [-0.1, -0.05) is 98.5 Å². The van der Waals surface area contributed by atoms with Gasteiger partial charge >= 0.3 is 0 Å². The average Bonchev–Trinajstić information content (AvgIpc) is 2.55. The Morgan fingerprint density at radius 2 is 1.48 bits per heavy atom. The molecule has 0 aromatic heterocycles. The van der Waals surface area contributed by atoms with Crippen LogP contribution in [0.25, 0.3) is 10.8 Å². The SMILES string of the molecule is CCC(C)([B]c1ccccc1)c1cccc2ccccc12. The second kappa shape index (κ2) is 5.77.